The Balaban J connectivity index is 2.39. The van der Waals surface area contributed by atoms with Gasteiger partial charge in [-0.3, -0.25) is 0 Å². The quantitative estimate of drug-likeness (QED) is 0.857. The number of rotatable bonds is 2. The van der Waals surface area contributed by atoms with Crippen LogP contribution in [0.1, 0.15) is 11.1 Å². The van der Waals surface area contributed by atoms with Crippen LogP contribution in [0.15, 0.2) is 36.5 Å². The number of nitrogens with zero attached hydrogens (tertiary/aromatic N) is 2. The Morgan fingerprint density at radius 3 is 2.24 bits per heavy atom. The van der Waals surface area contributed by atoms with Crippen LogP contribution >= 0.6 is 0 Å². The second-order valence-corrected chi connectivity index (χ2v) is 4.34. The number of nitrogens with two attached hydrogens (primary N) is 1. The highest BCUT2D eigenvalue weighted by molar-refractivity contribution is 5.65. The largest absolute Gasteiger partial charge is 0.384 e. The minimum Gasteiger partial charge on any atom is -0.384 e. The van der Waals surface area contributed by atoms with Crippen molar-refractivity contribution in [2.45, 2.75) is 13.8 Å². The van der Waals surface area contributed by atoms with Crippen molar-refractivity contribution >= 4 is 17.2 Å². The Morgan fingerprint density at radius 1 is 1.00 bits per heavy atom. The van der Waals surface area contributed by atoms with E-state index in [1.165, 1.54) is 11.1 Å². The molecule has 1 aromatic carbocycles. The van der Waals surface area contributed by atoms with Crippen molar-refractivity contribution in [3.05, 3.63) is 47.7 Å². The maximum Gasteiger partial charge on any atom is 0.125 e. The molecule has 0 saturated carbocycles. The molecule has 17 heavy (non-hydrogen) atoms. The first-order valence-electron chi connectivity index (χ1n) is 5.60. The monoisotopic (exact) mass is 227 g/mol. The number of pyridine rings is 1. The van der Waals surface area contributed by atoms with Gasteiger partial charge in [0.2, 0.25) is 0 Å². The maximum atomic E-state index is 5.70. The van der Waals surface area contributed by atoms with Crippen LogP contribution in [0.4, 0.5) is 17.2 Å². The van der Waals surface area contributed by atoms with Crippen LogP contribution in [-0.4, -0.2) is 12.0 Å². The zero-order valence-corrected chi connectivity index (χ0v) is 10.4. The van der Waals surface area contributed by atoms with Crippen LogP contribution in [0.3, 0.4) is 0 Å². The van der Waals surface area contributed by atoms with E-state index in [2.05, 4.69) is 41.9 Å². The third kappa shape index (κ3) is 2.56. The van der Waals surface area contributed by atoms with Gasteiger partial charge in [-0.25, -0.2) is 4.98 Å². The molecule has 0 saturated heterocycles. The summed E-state index contributed by atoms with van der Waals surface area (Å²) in [6.07, 6.45) is 1.73. The van der Waals surface area contributed by atoms with Gasteiger partial charge >= 0.3 is 0 Å². The fraction of sp³-hybridized carbons (Fsp3) is 0.214. The molecule has 0 aliphatic carbocycles. The average molecular weight is 227 g/mol. The highest BCUT2D eigenvalue weighted by Gasteiger charge is 2.05. The first-order chi connectivity index (χ1) is 8.06. The van der Waals surface area contributed by atoms with Gasteiger partial charge in [-0.2, -0.15) is 0 Å². The van der Waals surface area contributed by atoms with Gasteiger partial charge in [0.25, 0.3) is 0 Å². The molecule has 3 heteroatoms. The second-order valence-electron chi connectivity index (χ2n) is 4.34. The summed E-state index contributed by atoms with van der Waals surface area (Å²) in [5, 5.41) is 0. The fourth-order valence-electron chi connectivity index (χ4n) is 1.94. The molecular formula is C14H17N3. The van der Waals surface area contributed by atoms with Gasteiger partial charge in [0, 0.05) is 30.7 Å². The first-order valence-corrected chi connectivity index (χ1v) is 5.60. The number of hydrogen-bond acceptors (Lipinski definition) is 3. The minimum absolute atomic E-state index is 0.540. The molecule has 3 nitrogen and oxygen atoms in total. The molecule has 1 heterocycles. The molecule has 0 unspecified atom stereocenters. The molecule has 0 spiro atoms. The Labute approximate surface area is 102 Å². The number of anilines is 3. The topological polar surface area (TPSA) is 42.2 Å². The van der Waals surface area contributed by atoms with Crippen LogP contribution in [0.5, 0.6) is 0 Å². The van der Waals surface area contributed by atoms with Crippen molar-refractivity contribution in [2.75, 3.05) is 17.7 Å². The lowest BCUT2D eigenvalue weighted by Crippen LogP contribution is -2.10. The smallest absolute Gasteiger partial charge is 0.125 e. The van der Waals surface area contributed by atoms with Crippen molar-refractivity contribution in [1.29, 1.82) is 0 Å². The van der Waals surface area contributed by atoms with Crippen molar-refractivity contribution < 1.29 is 0 Å². The van der Waals surface area contributed by atoms with E-state index in [-0.39, 0.29) is 0 Å². The van der Waals surface area contributed by atoms with Gasteiger partial charge < -0.3 is 10.6 Å². The predicted molar refractivity (Wildman–Crippen MR) is 72.6 cm³/mol. The maximum absolute atomic E-state index is 5.70. The summed E-state index contributed by atoms with van der Waals surface area (Å²) in [6.45, 7) is 4.20. The normalized spacial score (nSPS) is 10.3. The van der Waals surface area contributed by atoms with E-state index >= 15 is 0 Å². The molecule has 2 aromatic rings. The van der Waals surface area contributed by atoms with Gasteiger partial charge in [0.05, 0.1) is 0 Å². The predicted octanol–water partition coefficient (Wildman–Crippen LogP) is 3.05. The van der Waals surface area contributed by atoms with Crippen LogP contribution in [-0.2, 0) is 0 Å². The molecule has 0 atom stereocenters. The molecule has 0 amide bonds. The molecule has 0 aliphatic rings. The van der Waals surface area contributed by atoms with Crippen molar-refractivity contribution in [3.63, 3.8) is 0 Å². The van der Waals surface area contributed by atoms with Crippen LogP contribution in [0.25, 0.3) is 0 Å². The molecule has 0 bridgehead atoms. The number of aryl methyl sites for hydroxylation is 2. The molecule has 0 radical (unpaired) electrons. The zero-order valence-electron chi connectivity index (χ0n) is 10.4. The van der Waals surface area contributed by atoms with Gasteiger partial charge in [-0.15, -0.1) is 0 Å². The second kappa shape index (κ2) is 4.45. The minimum atomic E-state index is 0.540. The van der Waals surface area contributed by atoms with Crippen molar-refractivity contribution in [1.82, 2.24) is 4.98 Å². The number of hydrogen-bond donors (Lipinski definition) is 1. The Morgan fingerprint density at radius 2 is 1.65 bits per heavy atom. The summed E-state index contributed by atoms with van der Waals surface area (Å²) in [5.41, 5.74) is 10.4. The molecule has 88 valence electrons. The highest BCUT2D eigenvalue weighted by Crippen LogP contribution is 2.25. The third-order valence-electron chi connectivity index (χ3n) is 2.75. The van der Waals surface area contributed by atoms with Gasteiger partial charge in [-0.1, -0.05) is 6.07 Å². The van der Waals surface area contributed by atoms with Crippen molar-refractivity contribution in [2.24, 2.45) is 0 Å². The van der Waals surface area contributed by atoms with Crippen LogP contribution in [0, 0.1) is 13.8 Å². The molecule has 0 fully saturated rings. The van der Waals surface area contributed by atoms with Crippen LogP contribution in [0.2, 0.25) is 0 Å². The zero-order chi connectivity index (χ0) is 12.4. The van der Waals surface area contributed by atoms with E-state index in [0.717, 1.165) is 11.4 Å². The van der Waals surface area contributed by atoms with Gasteiger partial charge in [0.1, 0.15) is 5.82 Å². The average Bonchev–Trinajstić information content (AvgIpc) is 2.26. The van der Waals surface area contributed by atoms with Gasteiger partial charge in [0.15, 0.2) is 0 Å². The molecule has 0 aliphatic heterocycles. The summed E-state index contributed by atoms with van der Waals surface area (Å²) in [7, 11) is 2.03. The van der Waals surface area contributed by atoms with Gasteiger partial charge in [-0.05, 0) is 43.2 Å². The van der Waals surface area contributed by atoms with E-state index in [1.54, 1.807) is 6.20 Å². The molecule has 2 N–H and O–H groups in total. The first kappa shape index (κ1) is 11.5. The van der Waals surface area contributed by atoms with E-state index < -0.39 is 0 Å². The number of nitrogen functional groups attached to an aromatic ring is 1. The Kier molecular flexibility index (Phi) is 3.00. The van der Waals surface area contributed by atoms with Crippen LogP contribution < -0.4 is 10.6 Å². The van der Waals surface area contributed by atoms with E-state index in [4.69, 9.17) is 5.73 Å². The lowest BCUT2D eigenvalue weighted by atomic mass is 10.1. The Hall–Kier alpha value is -2.03. The fourth-order valence-corrected chi connectivity index (χ4v) is 1.94. The summed E-state index contributed by atoms with van der Waals surface area (Å²) in [4.78, 5) is 6.11. The van der Waals surface area contributed by atoms with Crippen molar-refractivity contribution in [3.8, 4) is 0 Å². The molecule has 1 aromatic heterocycles. The van der Waals surface area contributed by atoms with E-state index in [9.17, 15) is 0 Å². The lowest BCUT2D eigenvalue weighted by Gasteiger charge is -2.20. The summed E-state index contributed by atoms with van der Waals surface area (Å²) < 4.78 is 0. The SMILES string of the molecule is Cc1cc(C)cc(N(C)c2ccnc(N)c2)c1. The highest BCUT2D eigenvalue weighted by atomic mass is 15.1. The number of benzene rings is 1. The number of aromatic nitrogens is 1. The summed E-state index contributed by atoms with van der Waals surface area (Å²) in [5.74, 6) is 0.540. The molecular weight excluding hydrogens is 210 g/mol. The molecule has 2 rings (SSSR count). The third-order valence-corrected chi connectivity index (χ3v) is 2.75. The Bertz CT molecular complexity index is 514. The van der Waals surface area contributed by atoms with E-state index in [1.807, 2.05) is 19.2 Å². The standard InChI is InChI=1S/C14H17N3/c1-10-6-11(2)8-13(7-10)17(3)12-4-5-16-14(15)9-12/h4-9H,1-3H3,(H2,15,16). The lowest BCUT2D eigenvalue weighted by molar-refractivity contribution is 1.18. The summed E-state index contributed by atoms with van der Waals surface area (Å²) in [6, 6.07) is 10.3. The van der Waals surface area contributed by atoms with E-state index in [0.29, 0.717) is 5.82 Å². The summed E-state index contributed by atoms with van der Waals surface area (Å²) >= 11 is 0.